The van der Waals surface area contributed by atoms with E-state index >= 15 is 0 Å². The number of hydrogen-bond acceptors (Lipinski definition) is 5. The van der Waals surface area contributed by atoms with Crippen molar-refractivity contribution in [3.63, 3.8) is 0 Å². The Morgan fingerprint density at radius 2 is 2.23 bits per heavy atom. The Labute approximate surface area is 135 Å². The SMILES string of the molecule is COc1ccccc1-c1noc([C@@]23CCC[C@@H]2CNC3)n1.Cl. The van der Waals surface area contributed by atoms with Gasteiger partial charge in [0.15, 0.2) is 0 Å². The van der Waals surface area contributed by atoms with Crippen molar-refractivity contribution in [3.05, 3.63) is 30.2 Å². The number of aromatic nitrogens is 2. The van der Waals surface area contributed by atoms with Crippen LogP contribution in [0.3, 0.4) is 0 Å². The van der Waals surface area contributed by atoms with Crippen LogP contribution in [-0.2, 0) is 5.41 Å². The summed E-state index contributed by atoms with van der Waals surface area (Å²) in [7, 11) is 1.66. The maximum Gasteiger partial charge on any atom is 0.234 e. The highest BCUT2D eigenvalue weighted by atomic mass is 35.5. The summed E-state index contributed by atoms with van der Waals surface area (Å²) in [6, 6.07) is 7.78. The molecule has 4 rings (SSSR count). The minimum atomic E-state index is 0. The van der Waals surface area contributed by atoms with Gasteiger partial charge in [-0.3, -0.25) is 0 Å². The average Bonchev–Trinajstić information content (AvgIpc) is 3.21. The van der Waals surface area contributed by atoms with E-state index in [0.717, 1.165) is 36.7 Å². The van der Waals surface area contributed by atoms with Gasteiger partial charge in [-0.1, -0.05) is 23.7 Å². The highest BCUT2D eigenvalue weighted by Crippen LogP contribution is 2.47. The van der Waals surface area contributed by atoms with E-state index in [-0.39, 0.29) is 17.8 Å². The van der Waals surface area contributed by atoms with Crippen LogP contribution < -0.4 is 10.1 Å². The van der Waals surface area contributed by atoms with Gasteiger partial charge in [-0.05, 0) is 37.4 Å². The number of nitrogens with zero attached hydrogens (tertiary/aromatic N) is 2. The zero-order valence-electron chi connectivity index (χ0n) is 12.5. The van der Waals surface area contributed by atoms with Gasteiger partial charge in [0, 0.05) is 6.54 Å². The number of benzene rings is 1. The monoisotopic (exact) mass is 321 g/mol. The van der Waals surface area contributed by atoms with E-state index in [1.807, 2.05) is 24.3 Å². The van der Waals surface area contributed by atoms with Crippen LogP contribution in [0, 0.1) is 5.92 Å². The Kier molecular flexibility index (Phi) is 4.10. The maximum absolute atomic E-state index is 5.65. The van der Waals surface area contributed by atoms with Gasteiger partial charge in [-0.2, -0.15) is 4.98 Å². The van der Waals surface area contributed by atoms with Gasteiger partial charge in [0.25, 0.3) is 0 Å². The van der Waals surface area contributed by atoms with Gasteiger partial charge in [-0.15, -0.1) is 12.4 Å². The van der Waals surface area contributed by atoms with Crippen LogP contribution >= 0.6 is 12.4 Å². The highest BCUT2D eigenvalue weighted by Gasteiger charge is 2.51. The number of fused-ring (bicyclic) bond motifs is 1. The van der Waals surface area contributed by atoms with Crippen LogP contribution in [0.1, 0.15) is 25.2 Å². The van der Waals surface area contributed by atoms with E-state index < -0.39 is 0 Å². The third-order valence-electron chi connectivity index (χ3n) is 4.99. The smallest absolute Gasteiger partial charge is 0.234 e. The number of nitrogens with one attached hydrogen (secondary N) is 1. The maximum atomic E-state index is 5.65. The number of halogens is 1. The van der Waals surface area contributed by atoms with E-state index in [9.17, 15) is 0 Å². The molecule has 0 unspecified atom stereocenters. The molecule has 1 aliphatic carbocycles. The van der Waals surface area contributed by atoms with Crippen molar-refractivity contribution >= 4 is 12.4 Å². The summed E-state index contributed by atoms with van der Waals surface area (Å²) in [6.45, 7) is 2.01. The van der Waals surface area contributed by atoms with E-state index in [0.29, 0.717) is 11.7 Å². The summed E-state index contributed by atoms with van der Waals surface area (Å²) in [4.78, 5) is 4.71. The Balaban J connectivity index is 0.00000144. The molecule has 2 fully saturated rings. The largest absolute Gasteiger partial charge is 0.496 e. The molecule has 0 spiro atoms. The van der Waals surface area contributed by atoms with Gasteiger partial charge < -0.3 is 14.6 Å². The first-order chi connectivity index (χ1) is 10.3. The fourth-order valence-electron chi connectivity index (χ4n) is 3.87. The molecule has 118 valence electrons. The molecule has 2 aliphatic rings. The summed E-state index contributed by atoms with van der Waals surface area (Å²) in [5.41, 5.74) is 0.930. The topological polar surface area (TPSA) is 60.2 Å². The predicted molar refractivity (Wildman–Crippen MR) is 85.4 cm³/mol. The van der Waals surface area contributed by atoms with Crippen molar-refractivity contribution in [1.29, 1.82) is 0 Å². The molecule has 1 aliphatic heterocycles. The van der Waals surface area contributed by atoms with Crippen LogP contribution in [0.4, 0.5) is 0 Å². The molecular weight excluding hydrogens is 302 g/mol. The predicted octanol–water partition coefficient (Wildman–Crippen LogP) is 2.81. The summed E-state index contributed by atoms with van der Waals surface area (Å²) in [6.07, 6.45) is 3.64. The molecule has 1 aromatic carbocycles. The van der Waals surface area contributed by atoms with Gasteiger partial charge in [0.05, 0.1) is 18.1 Å². The highest BCUT2D eigenvalue weighted by molar-refractivity contribution is 5.85. The molecule has 6 heteroatoms. The number of rotatable bonds is 3. The molecule has 0 radical (unpaired) electrons. The fraction of sp³-hybridized carbons (Fsp3) is 0.500. The first-order valence-electron chi connectivity index (χ1n) is 7.52. The quantitative estimate of drug-likeness (QED) is 0.942. The van der Waals surface area contributed by atoms with Crippen molar-refractivity contribution in [1.82, 2.24) is 15.5 Å². The van der Waals surface area contributed by atoms with Crippen LogP contribution in [0.15, 0.2) is 28.8 Å². The minimum absolute atomic E-state index is 0. The molecule has 1 saturated heterocycles. The molecule has 1 saturated carbocycles. The molecule has 0 bridgehead atoms. The molecule has 1 aromatic heterocycles. The Morgan fingerprint density at radius 3 is 3.09 bits per heavy atom. The third kappa shape index (κ3) is 2.20. The van der Waals surface area contributed by atoms with Crippen LogP contribution in [-0.4, -0.2) is 30.3 Å². The second-order valence-corrected chi connectivity index (χ2v) is 6.00. The Hall–Kier alpha value is -1.59. The Bertz CT molecular complexity index is 648. The first kappa shape index (κ1) is 15.3. The van der Waals surface area contributed by atoms with Crippen LogP contribution in [0.5, 0.6) is 5.75 Å². The number of methoxy groups -OCH3 is 1. The molecule has 2 atom stereocenters. The number of hydrogen-bond donors (Lipinski definition) is 1. The molecule has 22 heavy (non-hydrogen) atoms. The zero-order valence-corrected chi connectivity index (χ0v) is 13.4. The van der Waals surface area contributed by atoms with Gasteiger partial charge >= 0.3 is 0 Å². The third-order valence-corrected chi connectivity index (χ3v) is 4.99. The van der Waals surface area contributed by atoms with E-state index in [4.69, 9.17) is 14.2 Å². The molecule has 5 nitrogen and oxygen atoms in total. The lowest BCUT2D eigenvalue weighted by molar-refractivity contribution is 0.265. The fourth-order valence-corrected chi connectivity index (χ4v) is 3.87. The molecule has 2 heterocycles. The first-order valence-corrected chi connectivity index (χ1v) is 7.52. The Morgan fingerprint density at radius 1 is 1.36 bits per heavy atom. The van der Waals surface area contributed by atoms with Gasteiger partial charge in [0.2, 0.25) is 11.7 Å². The lowest BCUT2D eigenvalue weighted by Gasteiger charge is -2.22. The zero-order chi connectivity index (χ0) is 14.3. The normalized spacial score (nSPS) is 26.5. The average molecular weight is 322 g/mol. The van der Waals surface area contributed by atoms with E-state index in [2.05, 4.69) is 10.5 Å². The number of para-hydroxylation sites is 1. The second kappa shape index (κ2) is 5.89. The van der Waals surface area contributed by atoms with Gasteiger partial charge in [0.1, 0.15) is 5.75 Å². The summed E-state index contributed by atoms with van der Waals surface area (Å²) in [5.74, 6) is 2.81. The molecular formula is C16H20ClN3O2. The number of ether oxygens (including phenoxy) is 1. The molecule has 2 aromatic rings. The summed E-state index contributed by atoms with van der Waals surface area (Å²) >= 11 is 0. The summed E-state index contributed by atoms with van der Waals surface area (Å²) < 4.78 is 11.0. The molecule has 1 N–H and O–H groups in total. The molecule has 0 amide bonds. The lowest BCUT2D eigenvalue weighted by Crippen LogP contribution is -2.31. The second-order valence-electron chi connectivity index (χ2n) is 6.00. The van der Waals surface area contributed by atoms with Crippen LogP contribution in [0.2, 0.25) is 0 Å². The van der Waals surface area contributed by atoms with Crippen molar-refractivity contribution < 1.29 is 9.26 Å². The van der Waals surface area contributed by atoms with E-state index in [1.165, 1.54) is 12.8 Å². The van der Waals surface area contributed by atoms with Gasteiger partial charge in [-0.25, -0.2) is 0 Å². The lowest BCUT2D eigenvalue weighted by atomic mass is 9.80. The van der Waals surface area contributed by atoms with Crippen molar-refractivity contribution in [2.45, 2.75) is 24.7 Å². The standard InChI is InChI=1S/C16H19N3O2.ClH/c1-20-13-7-3-2-6-12(13)14-18-15(21-19-14)16-8-4-5-11(16)9-17-10-16;/h2-3,6-7,11,17H,4-5,8-10H2,1H3;1H/t11-,16-;/m1./s1. The van der Waals surface area contributed by atoms with E-state index in [1.54, 1.807) is 7.11 Å². The summed E-state index contributed by atoms with van der Waals surface area (Å²) in [5, 5.41) is 7.68. The van der Waals surface area contributed by atoms with Crippen LogP contribution in [0.25, 0.3) is 11.4 Å². The van der Waals surface area contributed by atoms with Crippen molar-refractivity contribution in [3.8, 4) is 17.1 Å². The van der Waals surface area contributed by atoms with Crippen molar-refractivity contribution in [2.75, 3.05) is 20.2 Å². The van der Waals surface area contributed by atoms with Crippen molar-refractivity contribution in [2.24, 2.45) is 5.92 Å². The minimum Gasteiger partial charge on any atom is -0.496 e.